The molecular formula is C15H21N3O2S. The molecule has 0 atom stereocenters. The molecule has 0 unspecified atom stereocenters. The minimum absolute atomic E-state index is 0.0188. The first-order valence-corrected chi connectivity index (χ1v) is 8.23. The number of hydrogen-bond acceptors (Lipinski definition) is 5. The van der Waals surface area contributed by atoms with Crippen LogP contribution in [0.1, 0.15) is 29.1 Å². The minimum atomic E-state index is -0.0418. The highest BCUT2D eigenvalue weighted by molar-refractivity contribution is 7.18. The van der Waals surface area contributed by atoms with E-state index in [0.717, 1.165) is 35.3 Å². The topological polar surface area (TPSA) is 58.4 Å². The van der Waals surface area contributed by atoms with Crippen LogP contribution in [0.2, 0.25) is 0 Å². The van der Waals surface area contributed by atoms with Crippen LogP contribution in [-0.2, 0) is 25.9 Å². The summed E-state index contributed by atoms with van der Waals surface area (Å²) in [6.45, 7) is 0.878. The van der Waals surface area contributed by atoms with Gasteiger partial charge in [0, 0.05) is 4.88 Å². The molecular weight excluding hydrogens is 286 g/mol. The number of hydrogen-bond donors (Lipinski definition) is 1. The molecule has 0 fully saturated rings. The fraction of sp³-hybridized carbons (Fsp3) is 0.600. The van der Waals surface area contributed by atoms with Crippen LogP contribution in [0.4, 0.5) is 0 Å². The number of aliphatic hydroxyl groups is 1. The van der Waals surface area contributed by atoms with Gasteiger partial charge in [0.15, 0.2) is 0 Å². The summed E-state index contributed by atoms with van der Waals surface area (Å²) in [5.74, 6) is 0.741. The molecule has 0 spiro atoms. The molecule has 1 aliphatic rings. The van der Waals surface area contributed by atoms with Gasteiger partial charge in [-0.15, -0.1) is 11.3 Å². The zero-order chi connectivity index (χ0) is 15.0. The van der Waals surface area contributed by atoms with E-state index in [1.165, 1.54) is 16.9 Å². The Morgan fingerprint density at radius 3 is 2.81 bits per heavy atom. The van der Waals surface area contributed by atoms with Crippen molar-refractivity contribution in [3.63, 3.8) is 0 Å². The molecule has 0 saturated carbocycles. The van der Waals surface area contributed by atoms with Gasteiger partial charge in [0.1, 0.15) is 10.7 Å². The number of aliphatic hydroxyl groups excluding tert-OH is 1. The molecule has 0 aliphatic heterocycles. The number of nitrogens with zero attached hydrogens (tertiary/aromatic N) is 3. The molecule has 6 heteroatoms. The van der Waals surface area contributed by atoms with Crippen molar-refractivity contribution in [2.45, 2.75) is 38.8 Å². The maximum Gasteiger partial charge on any atom is 0.262 e. The second-order valence-corrected chi connectivity index (χ2v) is 6.92. The van der Waals surface area contributed by atoms with Crippen molar-refractivity contribution in [1.82, 2.24) is 14.5 Å². The van der Waals surface area contributed by atoms with Gasteiger partial charge in [-0.1, -0.05) is 0 Å². The third-order valence-corrected chi connectivity index (χ3v) is 5.12. The molecule has 2 heterocycles. The average Bonchev–Trinajstić information content (AvgIpc) is 2.80. The summed E-state index contributed by atoms with van der Waals surface area (Å²) in [6, 6.07) is 0. The SMILES string of the molecule is CN(C)Cc1nc2sc3c(c2c(=O)n1CCO)CCCC3. The van der Waals surface area contributed by atoms with E-state index < -0.39 is 0 Å². The van der Waals surface area contributed by atoms with Crippen LogP contribution in [-0.4, -0.2) is 40.3 Å². The number of fused-ring (bicyclic) bond motifs is 3. The molecule has 0 radical (unpaired) electrons. The Hall–Kier alpha value is -1.24. The van der Waals surface area contributed by atoms with Gasteiger partial charge in [-0.3, -0.25) is 9.36 Å². The maximum atomic E-state index is 12.9. The largest absolute Gasteiger partial charge is 0.395 e. The number of aryl methyl sites for hydroxylation is 2. The van der Waals surface area contributed by atoms with Gasteiger partial charge in [0.05, 0.1) is 25.1 Å². The second-order valence-electron chi connectivity index (χ2n) is 5.84. The van der Waals surface area contributed by atoms with Crippen molar-refractivity contribution in [2.75, 3.05) is 20.7 Å². The first-order valence-electron chi connectivity index (χ1n) is 7.41. The van der Waals surface area contributed by atoms with E-state index in [2.05, 4.69) is 0 Å². The van der Waals surface area contributed by atoms with Crippen molar-refractivity contribution in [1.29, 1.82) is 0 Å². The van der Waals surface area contributed by atoms with Gasteiger partial charge >= 0.3 is 0 Å². The second kappa shape index (κ2) is 5.87. The van der Waals surface area contributed by atoms with E-state index >= 15 is 0 Å². The van der Waals surface area contributed by atoms with Gasteiger partial charge in [0.25, 0.3) is 5.56 Å². The van der Waals surface area contributed by atoms with E-state index in [-0.39, 0.29) is 12.2 Å². The minimum Gasteiger partial charge on any atom is -0.395 e. The molecule has 0 amide bonds. The van der Waals surface area contributed by atoms with Crippen molar-refractivity contribution in [3.05, 3.63) is 26.6 Å². The summed E-state index contributed by atoms with van der Waals surface area (Å²) in [7, 11) is 3.91. The highest BCUT2D eigenvalue weighted by Gasteiger charge is 2.21. The van der Waals surface area contributed by atoms with Crippen LogP contribution in [0.5, 0.6) is 0 Å². The van der Waals surface area contributed by atoms with Crippen molar-refractivity contribution < 1.29 is 5.11 Å². The lowest BCUT2D eigenvalue weighted by Crippen LogP contribution is -2.29. The van der Waals surface area contributed by atoms with Gasteiger partial charge in [0.2, 0.25) is 0 Å². The standard InChI is InChI=1S/C15H21N3O2S/c1-17(2)9-12-16-14-13(15(20)18(12)7-8-19)10-5-3-4-6-11(10)21-14/h19H,3-9H2,1-2H3. The van der Waals surface area contributed by atoms with Crippen LogP contribution >= 0.6 is 11.3 Å². The Balaban J connectivity index is 2.24. The molecule has 5 nitrogen and oxygen atoms in total. The predicted octanol–water partition coefficient (Wildman–Crippen LogP) is 1.39. The molecule has 0 saturated heterocycles. The van der Waals surface area contributed by atoms with Crippen LogP contribution in [0.3, 0.4) is 0 Å². The molecule has 21 heavy (non-hydrogen) atoms. The zero-order valence-electron chi connectivity index (χ0n) is 12.6. The summed E-state index contributed by atoms with van der Waals surface area (Å²) in [5, 5.41) is 10.1. The summed E-state index contributed by atoms with van der Waals surface area (Å²) < 4.78 is 1.64. The van der Waals surface area contributed by atoms with E-state index in [9.17, 15) is 9.90 Å². The Bertz CT molecular complexity index is 718. The Morgan fingerprint density at radius 1 is 1.33 bits per heavy atom. The average molecular weight is 307 g/mol. The van der Waals surface area contributed by atoms with Crippen LogP contribution in [0.25, 0.3) is 10.2 Å². The highest BCUT2D eigenvalue weighted by Crippen LogP contribution is 2.33. The molecule has 0 aromatic carbocycles. The maximum absolute atomic E-state index is 12.9. The summed E-state index contributed by atoms with van der Waals surface area (Å²) in [4.78, 5) is 21.8. The molecule has 114 valence electrons. The number of aromatic nitrogens is 2. The molecule has 0 bridgehead atoms. The van der Waals surface area contributed by atoms with Crippen LogP contribution in [0.15, 0.2) is 4.79 Å². The fourth-order valence-electron chi connectivity index (χ4n) is 3.01. The molecule has 2 aromatic rings. The van der Waals surface area contributed by atoms with Crippen molar-refractivity contribution in [2.24, 2.45) is 0 Å². The third-order valence-electron chi connectivity index (χ3n) is 3.94. The molecule has 3 rings (SSSR count). The zero-order valence-corrected chi connectivity index (χ0v) is 13.4. The lowest BCUT2D eigenvalue weighted by atomic mass is 9.97. The monoisotopic (exact) mass is 307 g/mol. The van der Waals surface area contributed by atoms with Crippen molar-refractivity contribution in [3.8, 4) is 0 Å². The van der Waals surface area contributed by atoms with E-state index in [1.807, 2.05) is 19.0 Å². The Kier molecular flexibility index (Phi) is 4.10. The van der Waals surface area contributed by atoms with Crippen LogP contribution in [0, 0.1) is 0 Å². The summed E-state index contributed by atoms with van der Waals surface area (Å²) in [6.07, 6.45) is 4.41. The summed E-state index contributed by atoms with van der Waals surface area (Å²) >= 11 is 1.68. The quantitative estimate of drug-likeness (QED) is 0.927. The highest BCUT2D eigenvalue weighted by atomic mass is 32.1. The van der Waals surface area contributed by atoms with Gasteiger partial charge in [-0.2, -0.15) is 0 Å². The summed E-state index contributed by atoms with van der Waals surface area (Å²) in [5.41, 5.74) is 1.23. The predicted molar refractivity (Wildman–Crippen MR) is 85.0 cm³/mol. The first kappa shape index (κ1) is 14.7. The number of rotatable bonds is 4. The molecule has 2 aromatic heterocycles. The van der Waals surface area contributed by atoms with E-state index in [4.69, 9.17) is 4.98 Å². The molecule has 1 N–H and O–H groups in total. The smallest absolute Gasteiger partial charge is 0.262 e. The Morgan fingerprint density at radius 2 is 2.10 bits per heavy atom. The van der Waals surface area contributed by atoms with Gasteiger partial charge in [-0.25, -0.2) is 4.98 Å². The van der Waals surface area contributed by atoms with E-state index in [0.29, 0.717) is 13.1 Å². The van der Waals surface area contributed by atoms with E-state index in [1.54, 1.807) is 15.9 Å². The van der Waals surface area contributed by atoms with Gasteiger partial charge < -0.3 is 10.0 Å². The number of thiophene rings is 1. The third kappa shape index (κ3) is 2.63. The molecule has 1 aliphatic carbocycles. The first-order chi connectivity index (χ1) is 10.1. The lowest BCUT2D eigenvalue weighted by molar-refractivity contribution is 0.267. The van der Waals surface area contributed by atoms with Crippen molar-refractivity contribution >= 4 is 21.6 Å². The Labute approximate surface area is 127 Å². The lowest BCUT2D eigenvalue weighted by Gasteiger charge is -2.15. The van der Waals surface area contributed by atoms with Crippen LogP contribution < -0.4 is 5.56 Å². The normalized spacial score (nSPS) is 14.9. The van der Waals surface area contributed by atoms with Gasteiger partial charge in [-0.05, 0) is 45.3 Å². The fourth-order valence-corrected chi connectivity index (χ4v) is 4.29.